The quantitative estimate of drug-likeness (QED) is 0.669. The highest BCUT2D eigenvalue weighted by molar-refractivity contribution is 9.10. The zero-order valence-electron chi connectivity index (χ0n) is 10.9. The Morgan fingerprint density at radius 3 is 2.70 bits per heavy atom. The minimum absolute atomic E-state index is 0.0941. The van der Waals surface area contributed by atoms with E-state index in [4.69, 9.17) is 0 Å². The summed E-state index contributed by atoms with van der Waals surface area (Å²) in [6.45, 7) is 2.44. The molecule has 1 aromatic carbocycles. The number of nitro benzene ring substituents is 1. The molecule has 20 heavy (non-hydrogen) atoms. The van der Waals surface area contributed by atoms with Crippen molar-refractivity contribution in [3.63, 3.8) is 0 Å². The Hall–Kier alpha value is -1.79. The van der Waals surface area contributed by atoms with Gasteiger partial charge >= 0.3 is 0 Å². The molecular weight excluding hydrogens is 322 g/mol. The zero-order valence-corrected chi connectivity index (χ0v) is 12.5. The molecule has 5 nitrogen and oxygen atoms in total. The van der Waals surface area contributed by atoms with Crippen LogP contribution in [0, 0.1) is 10.1 Å². The van der Waals surface area contributed by atoms with Gasteiger partial charge in [0.1, 0.15) is 0 Å². The van der Waals surface area contributed by atoms with Gasteiger partial charge in [0.05, 0.1) is 4.92 Å². The second-order valence-corrected chi connectivity index (χ2v) is 5.33. The number of hydrogen-bond acceptors (Lipinski definition) is 4. The Balaban J connectivity index is 2.11. The van der Waals surface area contributed by atoms with E-state index in [2.05, 4.69) is 26.2 Å². The molecule has 2 rings (SSSR count). The minimum Gasteiger partial charge on any atom is -0.306 e. The molecule has 0 saturated carbocycles. The van der Waals surface area contributed by atoms with E-state index in [0.717, 1.165) is 10.0 Å². The second kappa shape index (κ2) is 6.58. The van der Waals surface area contributed by atoms with Gasteiger partial charge in [-0.05, 0) is 36.8 Å². The Morgan fingerprint density at radius 1 is 1.35 bits per heavy atom. The van der Waals surface area contributed by atoms with Gasteiger partial charge in [0.15, 0.2) is 0 Å². The lowest BCUT2D eigenvalue weighted by Gasteiger charge is -2.14. The average Bonchev–Trinajstić information content (AvgIpc) is 2.45. The van der Waals surface area contributed by atoms with Gasteiger partial charge in [-0.15, -0.1) is 0 Å². The average molecular weight is 336 g/mol. The van der Waals surface area contributed by atoms with Crippen molar-refractivity contribution in [1.82, 2.24) is 10.3 Å². The smallest absolute Gasteiger partial charge is 0.273 e. The van der Waals surface area contributed by atoms with E-state index in [-0.39, 0.29) is 16.7 Å². The number of benzene rings is 1. The van der Waals surface area contributed by atoms with E-state index in [1.807, 2.05) is 19.1 Å². The summed E-state index contributed by atoms with van der Waals surface area (Å²) in [5.41, 5.74) is 1.88. The molecule has 0 saturated heterocycles. The number of rotatable bonds is 5. The van der Waals surface area contributed by atoms with Gasteiger partial charge in [-0.25, -0.2) is 0 Å². The van der Waals surface area contributed by atoms with E-state index >= 15 is 0 Å². The first kappa shape index (κ1) is 14.6. The largest absolute Gasteiger partial charge is 0.306 e. The van der Waals surface area contributed by atoms with Gasteiger partial charge in [0.25, 0.3) is 5.69 Å². The van der Waals surface area contributed by atoms with Crippen molar-refractivity contribution in [1.29, 1.82) is 0 Å². The van der Waals surface area contributed by atoms with Gasteiger partial charge in [-0.1, -0.05) is 15.9 Å². The summed E-state index contributed by atoms with van der Waals surface area (Å²) < 4.78 is 0.830. The number of aromatic nitrogens is 1. The number of nitro groups is 1. The number of nitrogens with zero attached hydrogens (tertiary/aromatic N) is 2. The van der Waals surface area contributed by atoms with Crippen molar-refractivity contribution in [2.75, 3.05) is 0 Å². The van der Waals surface area contributed by atoms with Crippen LogP contribution in [0.1, 0.15) is 24.1 Å². The molecule has 0 radical (unpaired) electrons. The molecule has 0 unspecified atom stereocenters. The molecule has 0 bridgehead atoms. The third-order valence-corrected chi connectivity index (χ3v) is 3.54. The Bertz CT molecular complexity index is 605. The lowest BCUT2D eigenvalue weighted by atomic mass is 10.1. The summed E-state index contributed by atoms with van der Waals surface area (Å²) in [6, 6.07) is 8.90. The highest BCUT2D eigenvalue weighted by Gasteiger charge is 2.14. The normalized spacial score (nSPS) is 12.1. The van der Waals surface area contributed by atoms with Crippen molar-refractivity contribution >= 4 is 21.6 Å². The van der Waals surface area contributed by atoms with Crippen LogP contribution in [-0.2, 0) is 6.54 Å². The van der Waals surface area contributed by atoms with E-state index in [9.17, 15) is 10.1 Å². The number of hydrogen-bond donors (Lipinski definition) is 1. The van der Waals surface area contributed by atoms with Crippen LogP contribution in [0.5, 0.6) is 0 Å². The molecule has 6 heteroatoms. The third-order valence-electron chi connectivity index (χ3n) is 3.04. The third kappa shape index (κ3) is 3.61. The van der Waals surface area contributed by atoms with Gasteiger partial charge in [0.2, 0.25) is 0 Å². The maximum atomic E-state index is 11.0. The molecule has 0 spiro atoms. The fraction of sp³-hybridized carbons (Fsp3) is 0.214. The molecule has 0 amide bonds. The first-order valence-corrected chi connectivity index (χ1v) is 6.93. The van der Waals surface area contributed by atoms with Gasteiger partial charge in [-0.2, -0.15) is 0 Å². The SMILES string of the molecule is C[C@@H](NCc1cc(Br)ccc1[N+](=O)[O-])c1ccncc1. The summed E-state index contributed by atoms with van der Waals surface area (Å²) in [5, 5.41) is 14.3. The van der Waals surface area contributed by atoms with E-state index in [0.29, 0.717) is 12.1 Å². The summed E-state index contributed by atoms with van der Waals surface area (Å²) in [6.07, 6.45) is 3.46. The lowest BCUT2D eigenvalue weighted by molar-refractivity contribution is -0.385. The summed E-state index contributed by atoms with van der Waals surface area (Å²) in [7, 11) is 0. The standard InChI is InChI=1S/C14H14BrN3O2/c1-10(11-4-6-16-7-5-11)17-9-12-8-13(15)2-3-14(12)18(19)20/h2-8,10,17H,9H2,1H3/t10-/m1/s1. The summed E-state index contributed by atoms with van der Waals surface area (Å²) >= 11 is 3.34. The van der Waals surface area contributed by atoms with Gasteiger partial charge in [0, 0.05) is 41.1 Å². The van der Waals surface area contributed by atoms with Crippen LogP contribution in [0.2, 0.25) is 0 Å². The lowest BCUT2D eigenvalue weighted by Crippen LogP contribution is -2.18. The van der Waals surface area contributed by atoms with E-state index < -0.39 is 0 Å². The second-order valence-electron chi connectivity index (χ2n) is 4.41. The highest BCUT2D eigenvalue weighted by atomic mass is 79.9. The molecule has 0 aliphatic carbocycles. The Kier molecular flexibility index (Phi) is 4.81. The molecule has 1 heterocycles. The molecule has 1 N–H and O–H groups in total. The summed E-state index contributed by atoms with van der Waals surface area (Å²) in [4.78, 5) is 14.6. The monoisotopic (exact) mass is 335 g/mol. The minimum atomic E-state index is -0.361. The Labute approximate surface area is 125 Å². The van der Waals surface area contributed by atoms with Crippen LogP contribution < -0.4 is 5.32 Å². The van der Waals surface area contributed by atoms with Gasteiger partial charge in [-0.3, -0.25) is 15.1 Å². The molecule has 0 aliphatic rings. The van der Waals surface area contributed by atoms with Crippen molar-refractivity contribution in [2.24, 2.45) is 0 Å². The highest BCUT2D eigenvalue weighted by Crippen LogP contribution is 2.23. The predicted molar refractivity (Wildman–Crippen MR) is 80.3 cm³/mol. The zero-order chi connectivity index (χ0) is 14.5. The van der Waals surface area contributed by atoms with Crippen molar-refractivity contribution in [2.45, 2.75) is 19.5 Å². The summed E-state index contributed by atoms with van der Waals surface area (Å²) in [5.74, 6) is 0. The first-order valence-electron chi connectivity index (χ1n) is 6.14. The van der Waals surface area contributed by atoms with Crippen LogP contribution in [0.3, 0.4) is 0 Å². The van der Waals surface area contributed by atoms with Crippen molar-refractivity contribution < 1.29 is 4.92 Å². The molecule has 0 fully saturated rings. The number of pyridine rings is 1. The van der Waals surface area contributed by atoms with Crippen LogP contribution in [0.25, 0.3) is 0 Å². The van der Waals surface area contributed by atoms with Gasteiger partial charge < -0.3 is 5.32 Å². The first-order chi connectivity index (χ1) is 9.58. The Morgan fingerprint density at radius 2 is 2.05 bits per heavy atom. The fourth-order valence-electron chi connectivity index (χ4n) is 1.91. The fourth-order valence-corrected chi connectivity index (χ4v) is 2.32. The molecular formula is C14H14BrN3O2. The number of nitrogens with one attached hydrogen (secondary N) is 1. The maximum Gasteiger partial charge on any atom is 0.273 e. The molecule has 104 valence electrons. The van der Waals surface area contributed by atoms with Crippen LogP contribution >= 0.6 is 15.9 Å². The predicted octanol–water partition coefficient (Wildman–Crippen LogP) is 3.60. The molecule has 0 aliphatic heterocycles. The van der Waals surface area contributed by atoms with Crippen molar-refractivity contribution in [3.8, 4) is 0 Å². The molecule has 1 aromatic heterocycles. The maximum absolute atomic E-state index is 11.0. The topological polar surface area (TPSA) is 68.1 Å². The van der Waals surface area contributed by atoms with E-state index in [1.165, 1.54) is 6.07 Å². The number of halogens is 1. The molecule has 2 aromatic rings. The van der Waals surface area contributed by atoms with Crippen molar-refractivity contribution in [3.05, 3.63) is 68.4 Å². The van der Waals surface area contributed by atoms with Crippen LogP contribution in [0.15, 0.2) is 47.2 Å². The van der Waals surface area contributed by atoms with E-state index in [1.54, 1.807) is 24.5 Å². The van der Waals surface area contributed by atoms with Crippen LogP contribution in [-0.4, -0.2) is 9.91 Å². The van der Waals surface area contributed by atoms with Crippen LogP contribution in [0.4, 0.5) is 5.69 Å². The molecule has 1 atom stereocenters.